The van der Waals surface area contributed by atoms with E-state index in [2.05, 4.69) is 60.2 Å². The van der Waals surface area contributed by atoms with Crippen molar-refractivity contribution in [1.29, 1.82) is 0 Å². The average molecular weight is 312 g/mol. The molecule has 1 heterocycles. The summed E-state index contributed by atoms with van der Waals surface area (Å²) in [5, 5.41) is 3.74. The van der Waals surface area contributed by atoms with Crippen LogP contribution < -0.4 is 10.1 Å². The minimum Gasteiger partial charge on any atom is -0.493 e. The van der Waals surface area contributed by atoms with E-state index < -0.39 is 0 Å². The highest BCUT2D eigenvalue weighted by Gasteiger charge is 2.22. The van der Waals surface area contributed by atoms with Gasteiger partial charge in [0.15, 0.2) is 0 Å². The number of nitrogens with one attached hydrogen (secondary N) is 1. The van der Waals surface area contributed by atoms with Gasteiger partial charge in [0.2, 0.25) is 0 Å². The Morgan fingerprint density at radius 3 is 2.83 bits per heavy atom. The first-order valence-electron chi connectivity index (χ1n) is 6.76. The topological polar surface area (TPSA) is 21.3 Å². The SMILES string of the molecule is CC(C)C(C)NC1CCCOc2cc(Br)ccc21. The van der Waals surface area contributed by atoms with E-state index in [1.54, 1.807) is 0 Å². The van der Waals surface area contributed by atoms with Crippen molar-refractivity contribution in [3.63, 3.8) is 0 Å². The molecule has 0 fully saturated rings. The van der Waals surface area contributed by atoms with Gasteiger partial charge in [0.05, 0.1) is 6.61 Å². The van der Waals surface area contributed by atoms with Gasteiger partial charge < -0.3 is 10.1 Å². The second-order valence-electron chi connectivity index (χ2n) is 5.42. The zero-order valence-corrected chi connectivity index (χ0v) is 13.0. The number of hydrogen-bond donors (Lipinski definition) is 1. The summed E-state index contributed by atoms with van der Waals surface area (Å²) in [4.78, 5) is 0. The molecule has 2 rings (SSSR count). The molecular formula is C15H22BrNO. The largest absolute Gasteiger partial charge is 0.493 e. The second-order valence-corrected chi connectivity index (χ2v) is 6.34. The fourth-order valence-electron chi connectivity index (χ4n) is 2.23. The van der Waals surface area contributed by atoms with Crippen LogP contribution in [0.25, 0.3) is 0 Å². The van der Waals surface area contributed by atoms with Gasteiger partial charge in [-0.25, -0.2) is 0 Å². The lowest BCUT2D eigenvalue weighted by Crippen LogP contribution is -2.34. The van der Waals surface area contributed by atoms with Gasteiger partial charge in [-0.05, 0) is 37.8 Å². The lowest BCUT2D eigenvalue weighted by molar-refractivity contribution is 0.312. The van der Waals surface area contributed by atoms with Gasteiger partial charge in [0.25, 0.3) is 0 Å². The van der Waals surface area contributed by atoms with Crippen LogP contribution in [-0.2, 0) is 0 Å². The Balaban J connectivity index is 2.21. The fraction of sp³-hybridized carbons (Fsp3) is 0.600. The molecule has 0 aromatic heterocycles. The quantitative estimate of drug-likeness (QED) is 0.898. The number of fused-ring (bicyclic) bond motifs is 1. The van der Waals surface area contributed by atoms with Crippen LogP contribution in [-0.4, -0.2) is 12.6 Å². The van der Waals surface area contributed by atoms with Gasteiger partial charge in [-0.1, -0.05) is 35.8 Å². The normalized spacial score (nSPS) is 21.1. The summed E-state index contributed by atoms with van der Waals surface area (Å²) in [5.41, 5.74) is 1.29. The average Bonchev–Trinajstić information content (AvgIpc) is 2.51. The van der Waals surface area contributed by atoms with Gasteiger partial charge >= 0.3 is 0 Å². The number of halogens is 1. The molecule has 18 heavy (non-hydrogen) atoms. The summed E-state index contributed by atoms with van der Waals surface area (Å²) in [6.07, 6.45) is 2.25. The molecule has 1 aliphatic rings. The molecule has 100 valence electrons. The van der Waals surface area contributed by atoms with Crippen LogP contribution in [0, 0.1) is 5.92 Å². The number of ether oxygens (including phenoxy) is 1. The fourth-order valence-corrected chi connectivity index (χ4v) is 2.57. The molecule has 0 amide bonds. The maximum Gasteiger partial charge on any atom is 0.125 e. The summed E-state index contributed by atoms with van der Waals surface area (Å²) in [6.45, 7) is 7.59. The molecule has 0 spiro atoms. The Hall–Kier alpha value is -0.540. The molecule has 1 aliphatic heterocycles. The Morgan fingerprint density at radius 1 is 1.33 bits per heavy atom. The highest BCUT2D eigenvalue weighted by Crippen LogP contribution is 2.34. The van der Waals surface area contributed by atoms with Gasteiger partial charge in [0, 0.05) is 22.1 Å². The van der Waals surface area contributed by atoms with Crippen molar-refractivity contribution in [3.05, 3.63) is 28.2 Å². The number of benzene rings is 1. The van der Waals surface area contributed by atoms with Crippen molar-refractivity contribution in [2.45, 2.75) is 45.7 Å². The van der Waals surface area contributed by atoms with Crippen LogP contribution in [0.3, 0.4) is 0 Å². The molecular weight excluding hydrogens is 290 g/mol. The molecule has 3 heteroatoms. The van der Waals surface area contributed by atoms with Gasteiger partial charge in [-0.2, -0.15) is 0 Å². The summed E-state index contributed by atoms with van der Waals surface area (Å²) in [7, 11) is 0. The minimum absolute atomic E-state index is 0.410. The molecule has 2 atom stereocenters. The lowest BCUT2D eigenvalue weighted by Gasteiger charge is -2.25. The molecule has 1 aromatic rings. The molecule has 0 radical (unpaired) electrons. The van der Waals surface area contributed by atoms with Crippen LogP contribution in [0.15, 0.2) is 22.7 Å². The highest BCUT2D eigenvalue weighted by molar-refractivity contribution is 9.10. The predicted molar refractivity (Wildman–Crippen MR) is 79.0 cm³/mol. The molecule has 0 saturated carbocycles. The van der Waals surface area contributed by atoms with E-state index in [1.165, 1.54) is 5.56 Å². The maximum absolute atomic E-state index is 5.83. The summed E-state index contributed by atoms with van der Waals surface area (Å²) >= 11 is 3.51. The zero-order valence-electron chi connectivity index (χ0n) is 11.4. The third kappa shape index (κ3) is 3.27. The smallest absolute Gasteiger partial charge is 0.125 e. The van der Waals surface area contributed by atoms with Crippen molar-refractivity contribution in [3.8, 4) is 5.75 Å². The van der Waals surface area contributed by atoms with Gasteiger partial charge in [-0.15, -0.1) is 0 Å². The zero-order chi connectivity index (χ0) is 13.1. The lowest BCUT2D eigenvalue weighted by atomic mass is 9.98. The summed E-state index contributed by atoms with van der Waals surface area (Å²) in [6, 6.07) is 7.28. The molecule has 2 nitrogen and oxygen atoms in total. The van der Waals surface area contributed by atoms with E-state index in [-0.39, 0.29) is 0 Å². The molecule has 1 N–H and O–H groups in total. The predicted octanol–water partition coefficient (Wildman–Crippen LogP) is 4.30. The summed E-state index contributed by atoms with van der Waals surface area (Å²) < 4.78 is 6.91. The van der Waals surface area contributed by atoms with E-state index in [0.29, 0.717) is 18.0 Å². The van der Waals surface area contributed by atoms with Crippen molar-refractivity contribution < 1.29 is 4.74 Å². The van der Waals surface area contributed by atoms with E-state index in [0.717, 1.165) is 29.7 Å². The first-order chi connectivity index (χ1) is 8.58. The van der Waals surface area contributed by atoms with Crippen molar-refractivity contribution in [1.82, 2.24) is 5.32 Å². The molecule has 0 bridgehead atoms. The minimum atomic E-state index is 0.410. The van der Waals surface area contributed by atoms with Crippen molar-refractivity contribution in [2.24, 2.45) is 5.92 Å². The van der Waals surface area contributed by atoms with Crippen molar-refractivity contribution >= 4 is 15.9 Å². The van der Waals surface area contributed by atoms with Crippen LogP contribution in [0.1, 0.15) is 45.2 Å². The monoisotopic (exact) mass is 311 g/mol. The molecule has 1 aromatic carbocycles. The number of hydrogen-bond acceptors (Lipinski definition) is 2. The highest BCUT2D eigenvalue weighted by atomic mass is 79.9. The Bertz CT molecular complexity index is 405. The Labute approximate surface area is 118 Å². The Morgan fingerprint density at radius 2 is 2.11 bits per heavy atom. The van der Waals surface area contributed by atoms with Crippen LogP contribution >= 0.6 is 15.9 Å². The molecule has 2 unspecified atom stereocenters. The third-order valence-electron chi connectivity index (χ3n) is 3.71. The number of rotatable bonds is 3. The second kappa shape index (κ2) is 6.07. The van der Waals surface area contributed by atoms with Crippen LogP contribution in [0.2, 0.25) is 0 Å². The first-order valence-corrected chi connectivity index (χ1v) is 7.55. The summed E-state index contributed by atoms with van der Waals surface area (Å²) in [5.74, 6) is 1.67. The van der Waals surface area contributed by atoms with E-state index >= 15 is 0 Å². The third-order valence-corrected chi connectivity index (χ3v) is 4.20. The van der Waals surface area contributed by atoms with E-state index in [4.69, 9.17) is 4.74 Å². The van der Waals surface area contributed by atoms with Gasteiger partial charge in [0.1, 0.15) is 5.75 Å². The molecule has 0 saturated heterocycles. The maximum atomic E-state index is 5.83. The standard InChI is InChI=1S/C15H22BrNO/c1-10(2)11(3)17-14-5-4-8-18-15-9-12(16)6-7-13(14)15/h6-7,9-11,14,17H,4-5,8H2,1-3H3. The molecule has 0 aliphatic carbocycles. The first kappa shape index (κ1) is 13.9. The van der Waals surface area contributed by atoms with E-state index in [9.17, 15) is 0 Å². The van der Waals surface area contributed by atoms with Crippen LogP contribution in [0.4, 0.5) is 0 Å². The van der Waals surface area contributed by atoms with Crippen LogP contribution in [0.5, 0.6) is 5.75 Å². The Kier molecular flexibility index (Phi) is 4.68. The van der Waals surface area contributed by atoms with Crippen molar-refractivity contribution in [2.75, 3.05) is 6.61 Å². The van der Waals surface area contributed by atoms with E-state index in [1.807, 2.05) is 0 Å². The van der Waals surface area contributed by atoms with Gasteiger partial charge in [-0.3, -0.25) is 0 Å².